The molecule has 8 nitrogen and oxygen atoms in total. The SMILES string of the molecule is Cc1cccc2c1-c1cc(C(=O)NCC(=O)N3CC4(CC3C(=O)O)OCCO4)ccc1C2(F)F. The number of benzene rings is 2. The van der Waals surface area contributed by atoms with Crippen LogP contribution in [0.1, 0.15) is 33.5 Å². The minimum atomic E-state index is -3.16. The second-order valence-corrected chi connectivity index (χ2v) is 8.70. The van der Waals surface area contributed by atoms with Crippen LogP contribution in [0.2, 0.25) is 0 Å². The number of fused-ring (bicyclic) bond motifs is 3. The number of amides is 2. The average molecular weight is 472 g/mol. The zero-order valence-corrected chi connectivity index (χ0v) is 18.3. The first kappa shape index (κ1) is 22.4. The maximum atomic E-state index is 14.9. The third-order valence-electron chi connectivity index (χ3n) is 6.61. The summed E-state index contributed by atoms with van der Waals surface area (Å²) in [6.07, 6.45) is -0.000185. The molecular weight excluding hydrogens is 450 g/mol. The smallest absolute Gasteiger partial charge is 0.326 e. The molecule has 2 amide bonds. The minimum Gasteiger partial charge on any atom is -0.480 e. The predicted octanol–water partition coefficient (Wildman–Crippen LogP) is 2.27. The molecule has 2 aromatic rings. The number of halogens is 2. The molecule has 2 aliphatic heterocycles. The van der Waals surface area contributed by atoms with Gasteiger partial charge in [-0.2, -0.15) is 8.78 Å². The number of likely N-dealkylation sites (tertiary alicyclic amines) is 1. The fourth-order valence-corrected chi connectivity index (χ4v) is 4.99. The second kappa shape index (κ2) is 7.85. The van der Waals surface area contributed by atoms with Gasteiger partial charge in [-0.25, -0.2) is 4.79 Å². The molecule has 0 radical (unpaired) electrons. The molecule has 1 aliphatic carbocycles. The van der Waals surface area contributed by atoms with E-state index in [0.717, 1.165) is 4.90 Å². The minimum absolute atomic E-state index is 0.000185. The van der Waals surface area contributed by atoms with Crippen molar-refractivity contribution in [2.24, 2.45) is 0 Å². The van der Waals surface area contributed by atoms with Gasteiger partial charge >= 0.3 is 5.97 Å². The maximum absolute atomic E-state index is 14.9. The zero-order valence-electron chi connectivity index (χ0n) is 18.3. The average Bonchev–Trinajstić information content (AvgIpc) is 3.49. The van der Waals surface area contributed by atoms with Gasteiger partial charge in [0, 0.05) is 23.1 Å². The molecule has 2 saturated heterocycles. The van der Waals surface area contributed by atoms with Crippen molar-refractivity contribution in [3.63, 3.8) is 0 Å². The molecule has 2 N–H and O–H groups in total. The topological polar surface area (TPSA) is 105 Å². The van der Waals surface area contributed by atoms with Crippen LogP contribution in [0.5, 0.6) is 0 Å². The van der Waals surface area contributed by atoms with Gasteiger partial charge in [-0.1, -0.05) is 24.3 Å². The van der Waals surface area contributed by atoms with E-state index in [1.54, 1.807) is 19.1 Å². The van der Waals surface area contributed by atoms with Crippen molar-refractivity contribution < 1.29 is 37.7 Å². The van der Waals surface area contributed by atoms with Crippen molar-refractivity contribution in [3.8, 4) is 11.1 Å². The van der Waals surface area contributed by atoms with Crippen LogP contribution in [0.3, 0.4) is 0 Å². The highest BCUT2D eigenvalue weighted by Crippen LogP contribution is 2.52. The van der Waals surface area contributed by atoms with Crippen LogP contribution >= 0.6 is 0 Å². The summed E-state index contributed by atoms with van der Waals surface area (Å²) >= 11 is 0. The number of aryl methyl sites for hydroxylation is 1. The first-order valence-electron chi connectivity index (χ1n) is 10.8. The van der Waals surface area contributed by atoms with Crippen LogP contribution < -0.4 is 5.32 Å². The molecule has 2 aromatic carbocycles. The molecule has 34 heavy (non-hydrogen) atoms. The lowest BCUT2D eigenvalue weighted by Crippen LogP contribution is -2.46. The Labute approximate surface area is 193 Å². The van der Waals surface area contributed by atoms with Crippen LogP contribution in [0.4, 0.5) is 8.78 Å². The molecule has 2 heterocycles. The molecule has 2 fully saturated rings. The lowest BCUT2D eigenvalue weighted by atomic mass is 9.99. The Balaban J connectivity index is 1.33. The van der Waals surface area contributed by atoms with Crippen molar-refractivity contribution in [1.29, 1.82) is 0 Å². The first-order chi connectivity index (χ1) is 16.1. The summed E-state index contributed by atoms with van der Waals surface area (Å²) in [4.78, 5) is 38.3. The monoisotopic (exact) mass is 472 g/mol. The number of nitrogens with zero attached hydrogens (tertiary/aromatic N) is 1. The van der Waals surface area contributed by atoms with Gasteiger partial charge < -0.3 is 24.8 Å². The number of carbonyl (C=O) groups is 3. The highest BCUT2D eigenvalue weighted by molar-refractivity contribution is 5.99. The predicted molar refractivity (Wildman–Crippen MR) is 114 cm³/mol. The van der Waals surface area contributed by atoms with Crippen molar-refractivity contribution in [2.45, 2.75) is 31.1 Å². The Bertz CT molecular complexity index is 1210. The molecule has 10 heteroatoms. The van der Waals surface area contributed by atoms with E-state index in [-0.39, 0.29) is 35.2 Å². The number of carbonyl (C=O) groups excluding carboxylic acids is 2. The van der Waals surface area contributed by atoms with Gasteiger partial charge in [0.25, 0.3) is 11.8 Å². The van der Waals surface area contributed by atoms with Gasteiger partial charge in [-0.15, -0.1) is 0 Å². The van der Waals surface area contributed by atoms with Crippen LogP contribution in [0.25, 0.3) is 11.1 Å². The van der Waals surface area contributed by atoms with Gasteiger partial charge in [0.2, 0.25) is 5.91 Å². The van der Waals surface area contributed by atoms with E-state index in [0.29, 0.717) is 24.3 Å². The van der Waals surface area contributed by atoms with Crippen LogP contribution in [0, 0.1) is 6.92 Å². The first-order valence-corrected chi connectivity index (χ1v) is 10.8. The van der Waals surface area contributed by atoms with Crippen LogP contribution in [-0.2, 0) is 25.0 Å². The van der Waals surface area contributed by atoms with E-state index in [1.807, 2.05) is 0 Å². The number of ether oxygens (including phenoxy) is 2. The summed E-state index contributed by atoms with van der Waals surface area (Å²) < 4.78 is 40.8. The van der Waals surface area contributed by atoms with Crippen molar-refractivity contribution in [3.05, 3.63) is 58.7 Å². The third-order valence-corrected chi connectivity index (χ3v) is 6.61. The van der Waals surface area contributed by atoms with Gasteiger partial charge in [0.15, 0.2) is 5.79 Å². The number of hydrogen-bond donors (Lipinski definition) is 2. The molecule has 0 bridgehead atoms. The molecule has 0 aromatic heterocycles. The van der Waals surface area contributed by atoms with Crippen molar-refractivity contribution in [1.82, 2.24) is 10.2 Å². The summed E-state index contributed by atoms with van der Waals surface area (Å²) in [5, 5.41) is 12.0. The normalized spacial score (nSPS) is 21.4. The molecule has 3 aliphatic rings. The number of rotatable bonds is 4. The Morgan fingerprint density at radius 3 is 2.59 bits per heavy atom. The van der Waals surface area contributed by atoms with E-state index < -0.39 is 42.1 Å². The van der Waals surface area contributed by atoms with E-state index in [4.69, 9.17) is 9.47 Å². The summed E-state index contributed by atoms with van der Waals surface area (Å²) in [6, 6.07) is 7.46. The van der Waals surface area contributed by atoms with Gasteiger partial charge in [-0.3, -0.25) is 9.59 Å². The highest BCUT2D eigenvalue weighted by Gasteiger charge is 2.52. The van der Waals surface area contributed by atoms with Gasteiger partial charge in [0.05, 0.1) is 26.3 Å². The van der Waals surface area contributed by atoms with Crippen LogP contribution in [0.15, 0.2) is 36.4 Å². The lowest BCUT2D eigenvalue weighted by molar-refractivity contribution is -0.152. The van der Waals surface area contributed by atoms with E-state index >= 15 is 0 Å². The quantitative estimate of drug-likeness (QED) is 0.708. The Kier molecular flexibility index (Phi) is 5.18. The Hall–Kier alpha value is -3.37. The Morgan fingerprint density at radius 2 is 1.88 bits per heavy atom. The van der Waals surface area contributed by atoms with Gasteiger partial charge in [0.1, 0.15) is 6.04 Å². The largest absolute Gasteiger partial charge is 0.480 e. The number of carboxylic acid groups (broad SMARTS) is 1. The molecule has 178 valence electrons. The molecule has 1 unspecified atom stereocenters. The number of nitrogens with one attached hydrogen (secondary N) is 1. The molecule has 1 spiro atoms. The third kappa shape index (κ3) is 3.45. The zero-order chi connectivity index (χ0) is 24.3. The summed E-state index contributed by atoms with van der Waals surface area (Å²) in [7, 11) is 0. The lowest BCUT2D eigenvalue weighted by Gasteiger charge is -2.23. The second-order valence-electron chi connectivity index (χ2n) is 8.70. The van der Waals surface area contributed by atoms with Gasteiger partial charge in [-0.05, 0) is 35.7 Å². The summed E-state index contributed by atoms with van der Waals surface area (Å²) in [5.41, 5.74) is 1.19. The fraction of sp³-hybridized carbons (Fsp3) is 0.375. The summed E-state index contributed by atoms with van der Waals surface area (Å²) in [6.45, 7) is 1.84. The van der Waals surface area contributed by atoms with E-state index in [9.17, 15) is 28.3 Å². The molecule has 0 saturated carbocycles. The molecule has 5 rings (SSSR count). The van der Waals surface area contributed by atoms with E-state index in [2.05, 4.69) is 5.32 Å². The maximum Gasteiger partial charge on any atom is 0.326 e. The summed E-state index contributed by atoms with van der Waals surface area (Å²) in [5.74, 6) is -6.73. The van der Waals surface area contributed by atoms with Crippen molar-refractivity contribution >= 4 is 17.8 Å². The molecule has 1 atom stereocenters. The van der Waals surface area contributed by atoms with Crippen molar-refractivity contribution in [2.75, 3.05) is 26.3 Å². The number of alkyl halides is 2. The highest BCUT2D eigenvalue weighted by atomic mass is 19.3. The standard InChI is InChI=1S/C24H22F2N2O6/c1-13-3-2-4-17-20(13)15-9-14(5-6-16(15)24(17,25)26)21(30)27-11-19(29)28-12-23(33-7-8-34-23)10-18(28)22(31)32/h2-6,9,18H,7-8,10-12H2,1H3,(H,27,30)(H,31,32). The fourth-order valence-electron chi connectivity index (χ4n) is 4.99. The number of aliphatic carboxylic acids is 1. The number of hydrogen-bond acceptors (Lipinski definition) is 5. The number of carboxylic acids is 1. The Morgan fingerprint density at radius 1 is 1.15 bits per heavy atom. The molecular formula is C24H22F2N2O6. The van der Waals surface area contributed by atoms with E-state index in [1.165, 1.54) is 24.3 Å². The van der Waals surface area contributed by atoms with Crippen LogP contribution in [-0.4, -0.2) is 65.9 Å².